The van der Waals surface area contributed by atoms with Crippen molar-refractivity contribution < 1.29 is 14.5 Å². The maximum absolute atomic E-state index is 12.7. The highest BCUT2D eigenvalue weighted by Gasteiger charge is 2.30. The lowest BCUT2D eigenvalue weighted by atomic mass is 10.1. The van der Waals surface area contributed by atoms with Crippen molar-refractivity contribution in [3.05, 3.63) is 33.9 Å². The van der Waals surface area contributed by atoms with Crippen molar-refractivity contribution in [3.63, 3.8) is 0 Å². The molecule has 1 amide bonds. The second-order valence-corrected chi connectivity index (χ2v) is 4.94. The summed E-state index contributed by atoms with van der Waals surface area (Å²) < 4.78 is 5.40. The van der Waals surface area contributed by atoms with Gasteiger partial charge in [-0.15, -0.1) is 0 Å². The summed E-state index contributed by atoms with van der Waals surface area (Å²) in [5, 5.41) is 11.2. The van der Waals surface area contributed by atoms with Crippen LogP contribution in [0.25, 0.3) is 0 Å². The normalized spacial score (nSPS) is 15.8. The molecule has 1 aliphatic heterocycles. The average Bonchev–Trinajstić information content (AvgIpc) is 2.47. The molecule has 1 saturated heterocycles. The molecule has 114 valence electrons. The van der Waals surface area contributed by atoms with Crippen molar-refractivity contribution in [2.75, 3.05) is 39.8 Å². The van der Waals surface area contributed by atoms with Crippen LogP contribution in [0, 0.1) is 10.1 Å². The third-order valence-corrected chi connectivity index (χ3v) is 3.51. The number of amides is 1. The highest BCUT2D eigenvalue weighted by atomic mass is 16.6. The van der Waals surface area contributed by atoms with E-state index in [9.17, 15) is 14.9 Å². The Labute approximate surface area is 123 Å². The number of carbonyl (C=O) groups excluding carboxylic acids is 1. The van der Waals surface area contributed by atoms with Crippen molar-refractivity contribution in [3.8, 4) is 5.75 Å². The molecule has 2 rings (SSSR count). The Morgan fingerprint density at radius 2 is 2.00 bits per heavy atom. The highest BCUT2D eigenvalue weighted by molar-refractivity contribution is 6.01. The minimum atomic E-state index is -0.536. The number of nitro groups is 1. The monoisotopic (exact) mass is 293 g/mol. The number of ether oxygens (including phenoxy) is 1. The van der Waals surface area contributed by atoms with Crippen molar-refractivity contribution in [2.24, 2.45) is 0 Å². The van der Waals surface area contributed by atoms with Crippen LogP contribution in [-0.4, -0.2) is 60.5 Å². The molecular weight excluding hydrogens is 274 g/mol. The molecule has 0 radical (unpaired) electrons. The standard InChI is InChI=1S/C14H19N3O4/c1-3-21-12-6-4-5-11(17(19)20)13(12)14(18)16-9-7-15(2)8-10-16/h4-6H,3,7-10H2,1-2H3. The third-order valence-electron chi connectivity index (χ3n) is 3.51. The van der Waals surface area contributed by atoms with E-state index >= 15 is 0 Å². The Hall–Kier alpha value is -2.15. The molecule has 1 aliphatic rings. The van der Waals surface area contributed by atoms with Gasteiger partial charge in [0.25, 0.3) is 11.6 Å². The van der Waals surface area contributed by atoms with Gasteiger partial charge in [0, 0.05) is 32.2 Å². The molecule has 0 saturated carbocycles. The number of carbonyl (C=O) groups is 1. The van der Waals surface area contributed by atoms with Gasteiger partial charge in [-0.1, -0.05) is 6.07 Å². The molecule has 7 heteroatoms. The molecule has 1 fully saturated rings. The lowest BCUT2D eigenvalue weighted by molar-refractivity contribution is -0.385. The minimum Gasteiger partial charge on any atom is -0.493 e. The first-order valence-corrected chi connectivity index (χ1v) is 6.92. The molecule has 21 heavy (non-hydrogen) atoms. The summed E-state index contributed by atoms with van der Waals surface area (Å²) in [5.74, 6) is -0.0607. The van der Waals surface area contributed by atoms with Crippen LogP contribution in [0.1, 0.15) is 17.3 Å². The summed E-state index contributed by atoms with van der Waals surface area (Å²) in [5.41, 5.74) is -0.154. The number of hydrogen-bond acceptors (Lipinski definition) is 5. The molecule has 1 aromatic carbocycles. The first-order valence-electron chi connectivity index (χ1n) is 6.92. The highest BCUT2D eigenvalue weighted by Crippen LogP contribution is 2.30. The zero-order valence-electron chi connectivity index (χ0n) is 12.2. The van der Waals surface area contributed by atoms with Gasteiger partial charge in [-0.2, -0.15) is 0 Å². The summed E-state index contributed by atoms with van der Waals surface area (Å²) in [6.45, 7) is 4.78. The second-order valence-electron chi connectivity index (χ2n) is 4.94. The van der Waals surface area contributed by atoms with Gasteiger partial charge in [-0.3, -0.25) is 14.9 Å². The summed E-state index contributed by atoms with van der Waals surface area (Å²) >= 11 is 0. The number of piperazine rings is 1. The lowest BCUT2D eigenvalue weighted by Crippen LogP contribution is -2.47. The van der Waals surface area contributed by atoms with E-state index in [1.807, 2.05) is 7.05 Å². The van der Waals surface area contributed by atoms with Crippen LogP contribution >= 0.6 is 0 Å². The molecule has 0 aromatic heterocycles. The zero-order chi connectivity index (χ0) is 15.4. The molecule has 7 nitrogen and oxygen atoms in total. The fraction of sp³-hybridized carbons (Fsp3) is 0.500. The smallest absolute Gasteiger partial charge is 0.285 e. The number of rotatable bonds is 4. The number of nitrogens with zero attached hydrogens (tertiary/aromatic N) is 3. The fourth-order valence-corrected chi connectivity index (χ4v) is 2.33. The van der Waals surface area contributed by atoms with Crippen LogP contribution in [-0.2, 0) is 0 Å². The number of hydrogen-bond donors (Lipinski definition) is 0. The number of likely N-dealkylation sites (N-methyl/N-ethyl adjacent to an activating group) is 1. The van der Waals surface area contributed by atoms with Crippen molar-refractivity contribution >= 4 is 11.6 Å². The van der Waals surface area contributed by atoms with E-state index in [0.717, 1.165) is 13.1 Å². The quantitative estimate of drug-likeness (QED) is 0.619. The zero-order valence-corrected chi connectivity index (χ0v) is 12.2. The summed E-state index contributed by atoms with van der Waals surface area (Å²) in [7, 11) is 1.98. The maximum atomic E-state index is 12.7. The Morgan fingerprint density at radius 3 is 2.57 bits per heavy atom. The van der Waals surface area contributed by atoms with Gasteiger partial charge in [0.2, 0.25) is 0 Å². The summed E-state index contributed by atoms with van der Waals surface area (Å²) in [4.78, 5) is 27.1. The SMILES string of the molecule is CCOc1cccc([N+](=O)[O-])c1C(=O)N1CCN(C)CC1. The van der Waals surface area contributed by atoms with Crippen LogP contribution in [0.2, 0.25) is 0 Å². The van der Waals surface area contributed by atoms with Gasteiger partial charge in [-0.05, 0) is 20.0 Å². The second kappa shape index (κ2) is 6.53. The molecule has 0 N–H and O–H groups in total. The number of benzene rings is 1. The minimum absolute atomic E-state index is 0.0499. The van der Waals surface area contributed by atoms with Crippen molar-refractivity contribution in [1.29, 1.82) is 0 Å². The van der Waals surface area contributed by atoms with Crippen molar-refractivity contribution in [2.45, 2.75) is 6.92 Å². The molecule has 0 spiro atoms. The first kappa shape index (κ1) is 15.2. The Bertz CT molecular complexity index is 539. The molecule has 0 unspecified atom stereocenters. The van der Waals surface area contributed by atoms with Gasteiger partial charge in [0.15, 0.2) is 5.56 Å². The Balaban J connectivity index is 2.35. The first-order chi connectivity index (χ1) is 10.0. The predicted molar refractivity (Wildman–Crippen MR) is 77.7 cm³/mol. The average molecular weight is 293 g/mol. The van der Waals surface area contributed by atoms with Gasteiger partial charge in [-0.25, -0.2) is 0 Å². The topological polar surface area (TPSA) is 75.9 Å². The van der Waals surface area contributed by atoms with Gasteiger partial charge in [0.1, 0.15) is 5.75 Å². The van der Waals surface area contributed by atoms with E-state index in [1.165, 1.54) is 12.1 Å². The summed E-state index contributed by atoms with van der Waals surface area (Å²) in [6.07, 6.45) is 0. The van der Waals surface area contributed by atoms with E-state index in [-0.39, 0.29) is 22.9 Å². The Kier molecular flexibility index (Phi) is 4.74. The molecule has 1 heterocycles. The Morgan fingerprint density at radius 1 is 1.33 bits per heavy atom. The predicted octanol–water partition coefficient (Wildman–Crippen LogP) is 1.38. The van der Waals surface area contributed by atoms with Crippen LogP contribution in [0.3, 0.4) is 0 Å². The van der Waals surface area contributed by atoms with E-state index in [0.29, 0.717) is 19.7 Å². The fourth-order valence-electron chi connectivity index (χ4n) is 2.33. The molecule has 0 bridgehead atoms. The van der Waals surface area contributed by atoms with Crippen LogP contribution in [0.4, 0.5) is 5.69 Å². The van der Waals surface area contributed by atoms with Gasteiger partial charge >= 0.3 is 0 Å². The molecular formula is C14H19N3O4. The van der Waals surface area contributed by atoms with Crippen molar-refractivity contribution in [1.82, 2.24) is 9.80 Å². The van der Waals surface area contributed by atoms with Gasteiger partial charge < -0.3 is 14.5 Å². The van der Waals surface area contributed by atoms with E-state index in [1.54, 1.807) is 17.9 Å². The van der Waals surface area contributed by atoms with E-state index in [4.69, 9.17) is 4.74 Å². The largest absolute Gasteiger partial charge is 0.493 e. The van der Waals surface area contributed by atoms with Crippen LogP contribution in [0.5, 0.6) is 5.75 Å². The summed E-state index contributed by atoms with van der Waals surface area (Å²) in [6, 6.07) is 4.47. The third kappa shape index (κ3) is 3.30. The van der Waals surface area contributed by atoms with Crippen LogP contribution in [0.15, 0.2) is 18.2 Å². The molecule has 0 aliphatic carbocycles. The number of nitro benzene ring substituents is 1. The molecule has 1 aromatic rings. The maximum Gasteiger partial charge on any atom is 0.285 e. The van der Waals surface area contributed by atoms with Gasteiger partial charge in [0.05, 0.1) is 11.5 Å². The van der Waals surface area contributed by atoms with E-state index in [2.05, 4.69) is 4.90 Å². The molecule has 0 atom stereocenters. The lowest BCUT2D eigenvalue weighted by Gasteiger charge is -2.32. The van der Waals surface area contributed by atoms with E-state index < -0.39 is 4.92 Å². The van der Waals surface area contributed by atoms with Crippen LogP contribution < -0.4 is 4.74 Å².